The average Bonchev–Trinajstić information content (AvgIpc) is 3.18. The molecular formula is C18H16F3NO4S2. The summed E-state index contributed by atoms with van der Waals surface area (Å²) in [6.07, 6.45) is 1.31. The van der Waals surface area contributed by atoms with Gasteiger partial charge in [-0.15, -0.1) is 11.3 Å². The number of fused-ring (bicyclic) bond motifs is 1. The van der Waals surface area contributed by atoms with Crippen LogP contribution >= 0.6 is 23.1 Å². The lowest BCUT2D eigenvalue weighted by Gasteiger charge is -2.28. The van der Waals surface area contributed by atoms with Crippen molar-refractivity contribution in [3.63, 3.8) is 0 Å². The van der Waals surface area contributed by atoms with Gasteiger partial charge in [0.25, 0.3) is 11.7 Å². The molecule has 0 aromatic carbocycles. The summed E-state index contributed by atoms with van der Waals surface area (Å²) in [4.78, 5) is 25.7. The maximum absolute atomic E-state index is 14.9. The number of carbonyl (C=O) groups is 2. The minimum atomic E-state index is -2.60. The molecule has 10 heteroatoms. The van der Waals surface area contributed by atoms with E-state index in [0.717, 1.165) is 11.3 Å². The van der Waals surface area contributed by atoms with Gasteiger partial charge in [-0.05, 0) is 42.8 Å². The SMILES string of the molecule is COC1=CCC2C(=C1F)C(CC(=O)O)=C(C)N2C(=O)c1csc(SC(F)F)c1. The van der Waals surface area contributed by atoms with E-state index in [1.54, 1.807) is 6.92 Å². The van der Waals surface area contributed by atoms with Crippen LogP contribution in [0.1, 0.15) is 30.1 Å². The fourth-order valence-electron chi connectivity index (χ4n) is 3.41. The summed E-state index contributed by atoms with van der Waals surface area (Å²) in [5.74, 6) is -4.93. The van der Waals surface area contributed by atoms with E-state index in [0.29, 0.717) is 17.5 Å². The number of aliphatic carboxylic acids is 1. The van der Waals surface area contributed by atoms with Crippen molar-refractivity contribution in [2.45, 2.75) is 35.8 Å². The summed E-state index contributed by atoms with van der Waals surface area (Å²) in [5.41, 5.74) is 0.890. The van der Waals surface area contributed by atoms with Crippen LogP contribution in [0.25, 0.3) is 0 Å². The molecule has 0 radical (unpaired) electrons. The van der Waals surface area contributed by atoms with Crippen molar-refractivity contribution >= 4 is 35.0 Å². The van der Waals surface area contributed by atoms with Gasteiger partial charge >= 0.3 is 5.97 Å². The van der Waals surface area contributed by atoms with Crippen LogP contribution in [0.15, 0.2) is 50.2 Å². The van der Waals surface area contributed by atoms with Crippen molar-refractivity contribution in [2.75, 3.05) is 7.11 Å². The van der Waals surface area contributed by atoms with E-state index >= 15 is 0 Å². The first-order valence-electron chi connectivity index (χ1n) is 8.17. The molecular weight excluding hydrogens is 415 g/mol. The molecule has 1 amide bonds. The molecule has 1 N–H and O–H groups in total. The lowest BCUT2D eigenvalue weighted by Crippen LogP contribution is -2.36. The first-order chi connectivity index (χ1) is 13.2. The molecule has 0 bridgehead atoms. The van der Waals surface area contributed by atoms with Crippen LogP contribution < -0.4 is 0 Å². The molecule has 0 spiro atoms. The number of carbonyl (C=O) groups excluding carboxylic acids is 1. The maximum Gasteiger partial charge on any atom is 0.307 e. The zero-order valence-electron chi connectivity index (χ0n) is 14.9. The number of hydrogen-bond donors (Lipinski definition) is 1. The number of hydrogen-bond acceptors (Lipinski definition) is 5. The minimum Gasteiger partial charge on any atom is -0.494 e. The van der Waals surface area contributed by atoms with Gasteiger partial charge in [-0.25, -0.2) is 4.39 Å². The Morgan fingerprint density at radius 3 is 2.79 bits per heavy atom. The number of alkyl halides is 2. The van der Waals surface area contributed by atoms with Crippen LogP contribution in [0, 0.1) is 0 Å². The van der Waals surface area contributed by atoms with Gasteiger partial charge in [-0.2, -0.15) is 8.78 Å². The van der Waals surface area contributed by atoms with Crippen LogP contribution in [0.5, 0.6) is 0 Å². The Bertz CT molecular complexity index is 920. The molecule has 0 saturated carbocycles. The van der Waals surface area contributed by atoms with Crippen molar-refractivity contribution in [1.82, 2.24) is 4.90 Å². The van der Waals surface area contributed by atoms with Crippen LogP contribution in [0.2, 0.25) is 0 Å². The van der Waals surface area contributed by atoms with Gasteiger partial charge in [0.1, 0.15) is 0 Å². The molecule has 150 valence electrons. The van der Waals surface area contributed by atoms with E-state index in [4.69, 9.17) is 4.74 Å². The van der Waals surface area contributed by atoms with E-state index in [9.17, 15) is 27.9 Å². The van der Waals surface area contributed by atoms with E-state index in [-0.39, 0.29) is 33.1 Å². The Kier molecular flexibility index (Phi) is 5.90. The van der Waals surface area contributed by atoms with Gasteiger partial charge < -0.3 is 14.7 Å². The molecule has 1 aliphatic carbocycles. The summed E-state index contributed by atoms with van der Waals surface area (Å²) in [5, 5.41) is 10.7. The van der Waals surface area contributed by atoms with E-state index < -0.39 is 35.9 Å². The maximum atomic E-state index is 14.9. The fourth-order valence-corrected chi connectivity index (χ4v) is 4.97. The molecule has 1 unspecified atom stereocenters. The monoisotopic (exact) mass is 431 g/mol. The van der Waals surface area contributed by atoms with Gasteiger partial charge in [0, 0.05) is 16.7 Å². The van der Waals surface area contributed by atoms with Gasteiger partial charge in [0.15, 0.2) is 11.6 Å². The summed E-state index contributed by atoms with van der Waals surface area (Å²) < 4.78 is 45.3. The van der Waals surface area contributed by atoms with Crippen molar-refractivity contribution in [3.05, 3.63) is 51.5 Å². The number of ether oxygens (including phenoxy) is 1. The second-order valence-corrected chi connectivity index (χ2v) is 8.30. The number of thiophene rings is 1. The lowest BCUT2D eigenvalue weighted by molar-refractivity contribution is -0.136. The number of amides is 1. The molecule has 28 heavy (non-hydrogen) atoms. The molecule has 1 aromatic rings. The van der Waals surface area contributed by atoms with Gasteiger partial charge in [-0.3, -0.25) is 9.59 Å². The summed E-state index contributed by atoms with van der Waals surface area (Å²) in [7, 11) is 1.31. The number of methoxy groups -OCH3 is 1. The number of allylic oxidation sites excluding steroid dienone is 2. The highest BCUT2D eigenvalue weighted by molar-refractivity contribution is 8.01. The Balaban J connectivity index is 2.00. The summed E-state index contributed by atoms with van der Waals surface area (Å²) in [6, 6.07) is 0.664. The lowest BCUT2D eigenvalue weighted by atomic mass is 9.91. The van der Waals surface area contributed by atoms with Crippen LogP contribution in [-0.4, -0.2) is 40.8 Å². The smallest absolute Gasteiger partial charge is 0.307 e. The van der Waals surface area contributed by atoms with Crippen molar-refractivity contribution in [2.24, 2.45) is 0 Å². The Labute approximate surface area is 167 Å². The Morgan fingerprint density at radius 1 is 1.46 bits per heavy atom. The standard InChI is InChI=1S/C18H16F3NO4S2/c1-8-10(6-13(23)24)15-11(3-4-12(26-2)16(15)19)22(8)17(25)9-5-14(27-7-9)28-18(20)21/h4-5,7,11,18H,3,6H2,1-2H3,(H,23,24). The minimum absolute atomic E-state index is 0.00221. The van der Waals surface area contributed by atoms with Gasteiger partial charge in [0.05, 0.1) is 29.3 Å². The number of carboxylic acid groups (broad SMARTS) is 1. The largest absolute Gasteiger partial charge is 0.494 e. The molecule has 0 fully saturated rings. The number of thioether (sulfide) groups is 1. The second-order valence-electron chi connectivity index (χ2n) is 6.09. The fraction of sp³-hybridized carbons (Fsp3) is 0.333. The highest BCUT2D eigenvalue weighted by Gasteiger charge is 2.43. The third kappa shape index (κ3) is 3.70. The third-order valence-electron chi connectivity index (χ3n) is 4.54. The van der Waals surface area contributed by atoms with Crippen LogP contribution in [-0.2, 0) is 9.53 Å². The van der Waals surface area contributed by atoms with Crippen molar-refractivity contribution in [3.8, 4) is 0 Å². The first kappa shape index (κ1) is 20.5. The zero-order chi connectivity index (χ0) is 20.6. The molecule has 1 atom stereocenters. The van der Waals surface area contributed by atoms with Crippen LogP contribution in [0.3, 0.4) is 0 Å². The topological polar surface area (TPSA) is 66.8 Å². The van der Waals surface area contributed by atoms with Crippen LogP contribution in [0.4, 0.5) is 13.2 Å². The van der Waals surface area contributed by atoms with Gasteiger partial charge in [-0.1, -0.05) is 0 Å². The normalized spacial score (nSPS) is 19.3. The summed E-state index contributed by atoms with van der Waals surface area (Å²) >= 11 is 1.36. The molecule has 2 aliphatic rings. The summed E-state index contributed by atoms with van der Waals surface area (Å²) in [6.45, 7) is 1.56. The molecule has 1 aliphatic heterocycles. The molecule has 1 aromatic heterocycles. The molecule has 3 rings (SSSR count). The highest BCUT2D eigenvalue weighted by atomic mass is 32.2. The highest BCUT2D eigenvalue weighted by Crippen LogP contribution is 2.44. The molecule has 2 heterocycles. The number of carboxylic acids is 1. The zero-order valence-corrected chi connectivity index (χ0v) is 16.5. The molecule has 5 nitrogen and oxygen atoms in total. The Hall–Kier alpha value is -2.20. The van der Waals surface area contributed by atoms with E-state index in [1.165, 1.54) is 29.5 Å². The number of rotatable bonds is 6. The van der Waals surface area contributed by atoms with E-state index in [1.807, 2.05) is 0 Å². The number of nitrogens with zero attached hydrogens (tertiary/aromatic N) is 1. The second kappa shape index (κ2) is 8.04. The predicted molar refractivity (Wildman–Crippen MR) is 98.9 cm³/mol. The van der Waals surface area contributed by atoms with Gasteiger partial charge in [0.2, 0.25) is 0 Å². The Morgan fingerprint density at radius 2 is 2.18 bits per heavy atom. The van der Waals surface area contributed by atoms with Crippen molar-refractivity contribution in [1.29, 1.82) is 0 Å². The number of halogens is 3. The quantitative estimate of drug-likeness (QED) is 0.656. The molecule has 0 saturated heterocycles. The van der Waals surface area contributed by atoms with Crippen molar-refractivity contribution < 1.29 is 32.6 Å². The predicted octanol–water partition coefficient (Wildman–Crippen LogP) is 4.79. The average molecular weight is 431 g/mol. The van der Waals surface area contributed by atoms with E-state index in [2.05, 4.69) is 0 Å². The third-order valence-corrected chi connectivity index (χ3v) is 6.37. The first-order valence-corrected chi connectivity index (χ1v) is 9.93.